The van der Waals surface area contributed by atoms with Gasteiger partial charge in [-0.25, -0.2) is 0 Å². The lowest BCUT2D eigenvalue weighted by molar-refractivity contribution is 1.19. The first-order chi connectivity index (χ1) is 6.29. The van der Waals surface area contributed by atoms with Crippen molar-refractivity contribution >= 4 is 34.3 Å². The molecule has 0 saturated carbocycles. The molecule has 0 aliphatic heterocycles. The first-order valence-corrected chi connectivity index (χ1v) is 6.15. The molecule has 2 rings (SSSR count). The number of hydrogen-bond acceptors (Lipinski definition) is 2. The van der Waals surface area contributed by atoms with Gasteiger partial charge in [-0.3, -0.25) is 0 Å². The van der Waals surface area contributed by atoms with Crippen LogP contribution < -0.4 is 0 Å². The highest BCUT2D eigenvalue weighted by molar-refractivity contribution is 7.24. The minimum absolute atomic E-state index is 0.862. The van der Waals surface area contributed by atoms with Gasteiger partial charge in [0.2, 0.25) is 0 Å². The largest absolute Gasteiger partial charge is 0.139 e. The van der Waals surface area contributed by atoms with Crippen LogP contribution in [-0.4, -0.2) is 0 Å². The van der Waals surface area contributed by atoms with Gasteiger partial charge in [-0.2, -0.15) is 0 Å². The summed E-state index contributed by atoms with van der Waals surface area (Å²) in [6, 6.07) is 8.39. The molecule has 0 saturated heterocycles. The van der Waals surface area contributed by atoms with Crippen LogP contribution in [0.3, 0.4) is 0 Å². The molecular formula is C10H9ClS2. The van der Waals surface area contributed by atoms with Gasteiger partial charge >= 0.3 is 0 Å². The second kappa shape index (κ2) is 3.82. The maximum atomic E-state index is 5.87. The summed E-state index contributed by atoms with van der Waals surface area (Å²) in [4.78, 5) is 4.03. The Morgan fingerprint density at radius 2 is 1.77 bits per heavy atom. The van der Waals surface area contributed by atoms with Crippen molar-refractivity contribution < 1.29 is 0 Å². The topological polar surface area (TPSA) is 0 Å². The van der Waals surface area contributed by atoms with Crippen LogP contribution in [0.5, 0.6) is 0 Å². The molecule has 2 aromatic rings. The SMILES string of the molecule is CCc1ccc(-c2ccc(Cl)s2)s1. The summed E-state index contributed by atoms with van der Waals surface area (Å²) in [6.07, 6.45) is 1.11. The molecule has 2 heterocycles. The molecule has 0 nitrogen and oxygen atoms in total. The van der Waals surface area contributed by atoms with Gasteiger partial charge in [0, 0.05) is 14.6 Å². The lowest BCUT2D eigenvalue weighted by Gasteiger charge is -1.88. The van der Waals surface area contributed by atoms with Crippen LogP contribution in [0.1, 0.15) is 11.8 Å². The Labute approximate surface area is 90.8 Å². The fraction of sp³-hybridized carbons (Fsp3) is 0.200. The van der Waals surface area contributed by atoms with Gasteiger partial charge in [0.1, 0.15) is 0 Å². The third kappa shape index (κ3) is 1.96. The molecule has 0 amide bonds. The van der Waals surface area contributed by atoms with Gasteiger partial charge in [0.15, 0.2) is 0 Å². The molecule has 0 atom stereocenters. The number of hydrogen-bond donors (Lipinski definition) is 0. The lowest BCUT2D eigenvalue weighted by atomic mass is 10.3. The van der Waals surface area contributed by atoms with Crippen molar-refractivity contribution in [3.05, 3.63) is 33.5 Å². The van der Waals surface area contributed by atoms with Gasteiger partial charge in [0.25, 0.3) is 0 Å². The predicted molar refractivity (Wildman–Crippen MR) is 62.0 cm³/mol. The molecule has 0 unspecified atom stereocenters. The van der Waals surface area contributed by atoms with E-state index in [1.807, 2.05) is 17.4 Å². The predicted octanol–water partition coefficient (Wildman–Crippen LogP) is 4.69. The fourth-order valence-electron chi connectivity index (χ4n) is 1.15. The summed E-state index contributed by atoms with van der Waals surface area (Å²) < 4.78 is 0.862. The van der Waals surface area contributed by atoms with Crippen molar-refractivity contribution in [2.24, 2.45) is 0 Å². The Hall–Kier alpha value is -0.310. The molecule has 0 radical (unpaired) electrons. The molecule has 0 N–H and O–H groups in total. The van der Waals surface area contributed by atoms with E-state index < -0.39 is 0 Å². The van der Waals surface area contributed by atoms with Crippen molar-refractivity contribution in [3.8, 4) is 9.75 Å². The van der Waals surface area contributed by atoms with E-state index in [0.717, 1.165) is 10.8 Å². The minimum Gasteiger partial charge on any atom is -0.139 e. The van der Waals surface area contributed by atoms with Crippen molar-refractivity contribution in [2.45, 2.75) is 13.3 Å². The van der Waals surface area contributed by atoms with Crippen molar-refractivity contribution in [1.82, 2.24) is 0 Å². The lowest BCUT2D eigenvalue weighted by Crippen LogP contribution is -1.63. The van der Waals surface area contributed by atoms with Crippen molar-refractivity contribution in [2.75, 3.05) is 0 Å². The van der Waals surface area contributed by atoms with Gasteiger partial charge in [-0.1, -0.05) is 18.5 Å². The van der Waals surface area contributed by atoms with Crippen LogP contribution in [-0.2, 0) is 6.42 Å². The average molecular weight is 229 g/mol. The zero-order chi connectivity index (χ0) is 9.26. The fourth-order valence-corrected chi connectivity index (χ4v) is 3.23. The van der Waals surface area contributed by atoms with E-state index in [4.69, 9.17) is 11.6 Å². The summed E-state index contributed by atoms with van der Waals surface area (Å²) in [5.41, 5.74) is 0. The molecule has 0 spiro atoms. The maximum absolute atomic E-state index is 5.87. The molecule has 0 aromatic carbocycles. The molecule has 13 heavy (non-hydrogen) atoms. The summed E-state index contributed by atoms with van der Waals surface area (Å²) in [5.74, 6) is 0. The number of halogens is 1. The Bertz CT molecular complexity index is 400. The molecule has 0 aliphatic carbocycles. The molecule has 0 aliphatic rings. The van der Waals surface area contributed by atoms with Gasteiger partial charge < -0.3 is 0 Å². The summed E-state index contributed by atoms with van der Waals surface area (Å²) >= 11 is 9.37. The number of aryl methyl sites for hydroxylation is 1. The van der Waals surface area contributed by atoms with E-state index in [2.05, 4.69) is 25.1 Å². The van der Waals surface area contributed by atoms with Crippen molar-refractivity contribution in [1.29, 1.82) is 0 Å². The quantitative estimate of drug-likeness (QED) is 0.700. The van der Waals surface area contributed by atoms with Crippen LogP contribution in [0, 0.1) is 0 Å². The third-order valence-electron chi connectivity index (χ3n) is 1.83. The molecule has 2 aromatic heterocycles. The van der Waals surface area contributed by atoms with E-state index in [1.165, 1.54) is 14.6 Å². The zero-order valence-electron chi connectivity index (χ0n) is 7.21. The monoisotopic (exact) mass is 228 g/mol. The van der Waals surface area contributed by atoms with Gasteiger partial charge in [0.05, 0.1) is 4.34 Å². The highest BCUT2D eigenvalue weighted by Gasteiger charge is 2.03. The van der Waals surface area contributed by atoms with E-state index in [-0.39, 0.29) is 0 Å². The molecule has 68 valence electrons. The second-order valence-electron chi connectivity index (χ2n) is 2.72. The van der Waals surface area contributed by atoms with Crippen LogP contribution >= 0.6 is 34.3 Å². The van der Waals surface area contributed by atoms with Crippen LogP contribution in [0.25, 0.3) is 9.75 Å². The number of rotatable bonds is 2. The van der Waals surface area contributed by atoms with Crippen LogP contribution in [0.4, 0.5) is 0 Å². The molecule has 0 bridgehead atoms. The minimum atomic E-state index is 0.862. The maximum Gasteiger partial charge on any atom is 0.0935 e. The standard InChI is InChI=1S/C10H9ClS2/c1-2-7-3-4-8(12-7)9-5-6-10(11)13-9/h3-6H,2H2,1H3. The van der Waals surface area contributed by atoms with E-state index >= 15 is 0 Å². The highest BCUT2D eigenvalue weighted by Crippen LogP contribution is 2.35. The van der Waals surface area contributed by atoms with Gasteiger partial charge in [-0.15, -0.1) is 22.7 Å². The Balaban J connectivity index is 2.35. The molecular weight excluding hydrogens is 220 g/mol. The first-order valence-electron chi connectivity index (χ1n) is 4.14. The van der Waals surface area contributed by atoms with E-state index in [9.17, 15) is 0 Å². The molecule has 0 fully saturated rings. The van der Waals surface area contributed by atoms with Gasteiger partial charge in [-0.05, 0) is 30.7 Å². The summed E-state index contributed by atoms with van der Waals surface area (Å²) in [7, 11) is 0. The Kier molecular flexibility index (Phi) is 2.72. The average Bonchev–Trinajstić information content (AvgIpc) is 2.71. The normalized spacial score (nSPS) is 10.6. The Morgan fingerprint density at radius 1 is 1.08 bits per heavy atom. The van der Waals surface area contributed by atoms with Crippen molar-refractivity contribution in [3.63, 3.8) is 0 Å². The second-order valence-corrected chi connectivity index (χ2v) is 5.61. The highest BCUT2D eigenvalue weighted by atomic mass is 35.5. The van der Waals surface area contributed by atoms with E-state index in [1.54, 1.807) is 11.3 Å². The third-order valence-corrected chi connectivity index (χ3v) is 4.48. The van der Waals surface area contributed by atoms with Crippen LogP contribution in [0.2, 0.25) is 4.34 Å². The first kappa shape index (κ1) is 9.25. The van der Waals surface area contributed by atoms with E-state index in [0.29, 0.717) is 0 Å². The smallest absolute Gasteiger partial charge is 0.0935 e. The molecule has 3 heteroatoms. The van der Waals surface area contributed by atoms with Crippen LogP contribution in [0.15, 0.2) is 24.3 Å². The zero-order valence-corrected chi connectivity index (χ0v) is 9.60. The number of thiophene rings is 2. The summed E-state index contributed by atoms with van der Waals surface area (Å²) in [6.45, 7) is 2.18. The Morgan fingerprint density at radius 3 is 2.31 bits per heavy atom. The summed E-state index contributed by atoms with van der Waals surface area (Å²) in [5, 5.41) is 0.